The van der Waals surface area contributed by atoms with Crippen molar-refractivity contribution in [3.05, 3.63) is 107 Å². The van der Waals surface area contributed by atoms with Crippen molar-refractivity contribution in [2.24, 2.45) is 0 Å². The monoisotopic (exact) mass is 593 g/mol. The van der Waals surface area contributed by atoms with Gasteiger partial charge in [0.2, 0.25) is 5.13 Å². The molecule has 210 valence electrons. The third-order valence-electron chi connectivity index (χ3n) is 6.42. The lowest BCUT2D eigenvalue weighted by molar-refractivity contribution is -0.132. The van der Waals surface area contributed by atoms with Gasteiger partial charge in [0, 0.05) is 16.9 Å². The van der Waals surface area contributed by atoms with E-state index in [0.717, 1.165) is 34.6 Å². The molecule has 1 amide bonds. The molecule has 1 aliphatic rings. The molecule has 1 saturated heterocycles. The van der Waals surface area contributed by atoms with Crippen molar-refractivity contribution in [2.45, 2.75) is 35.9 Å². The maximum absolute atomic E-state index is 15.1. The molecule has 7 nitrogen and oxygen atoms in total. The fourth-order valence-corrected chi connectivity index (χ4v) is 6.13. The minimum Gasteiger partial charge on any atom is -0.507 e. The van der Waals surface area contributed by atoms with Gasteiger partial charge in [-0.2, -0.15) is 0 Å². The lowest BCUT2D eigenvalue weighted by atomic mass is 9.95. The van der Waals surface area contributed by atoms with E-state index in [2.05, 4.69) is 17.1 Å². The molecular weight excluding hydrogens is 568 g/mol. The second-order valence-corrected chi connectivity index (χ2v) is 11.4. The summed E-state index contributed by atoms with van der Waals surface area (Å²) in [4.78, 5) is 27.8. The van der Waals surface area contributed by atoms with Gasteiger partial charge in [-0.15, -0.1) is 10.2 Å². The van der Waals surface area contributed by atoms with Crippen LogP contribution in [0.1, 0.15) is 42.5 Å². The number of hydrogen-bond donors (Lipinski definition) is 1. The summed E-state index contributed by atoms with van der Waals surface area (Å²) in [6, 6.07) is 17.0. The van der Waals surface area contributed by atoms with Crippen molar-refractivity contribution in [3.63, 3.8) is 0 Å². The van der Waals surface area contributed by atoms with E-state index in [4.69, 9.17) is 4.74 Å². The molecule has 0 bridgehead atoms. The Morgan fingerprint density at radius 2 is 1.76 bits per heavy atom. The molecule has 1 unspecified atom stereocenters. The number of amides is 1. The van der Waals surface area contributed by atoms with Crippen LogP contribution in [0.2, 0.25) is 0 Å². The van der Waals surface area contributed by atoms with Crippen LogP contribution in [0.15, 0.2) is 82.7 Å². The molecular formula is C30H25F2N3O4S2. The normalized spacial score (nSPS) is 16.4. The number of unbranched alkanes of at least 4 members (excludes halogenated alkanes) is 1. The van der Waals surface area contributed by atoms with Crippen LogP contribution in [0.3, 0.4) is 0 Å². The van der Waals surface area contributed by atoms with Crippen molar-refractivity contribution < 1.29 is 28.2 Å². The number of hydrogen-bond acceptors (Lipinski definition) is 8. The van der Waals surface area contributed by atoms with E-state index in [1.807, 2.05) is 0 Å². The number of thioether (sulfide) groups is 1. The largest absolute Gasteiger partial charge is 0.507 e. The quantitative estimate of drug-likeness (QED) is 0.0533. The van der Waals surface area contributed by atoms with E-state index in [-0.39, 0.29) is 27.6 Å². The van der Waals surface area contributed by atoms with E-state index in [0.29, 0.717) is 22.4 Å². The topological polar surface area (TPSA) is 92.6 Å². The summed E-state index contributed by atoms with van der Waals surface area (Å²) in [6.45, 7) is 2.60. The summed E-state index contributed by atoms with van der Waals surface area (Å²) in [5.41, 5.74) is 0.917. The number of halogens is 2. The third-order valence-corrected chi connectivity index (χ3v) is 8.54. The SMILES string of the molecule is CCCCOc1ccc(/C(O)=C2\C(=O)C(=O)N(c3nnc(SCc4ccc(F)cc4)s3)C2c2ccccc2F)cc1. The third kappa shape index (κ3) is 6.15. The average molecular weight is 594 g/mol. The highest BCUT2D eigenvalue weighted by Gasteiger charge is 2.49. The predicted octanol–water partition coefficient (Wildman–Crippen LogP) is 6.91. The van der Waals surface area contributed by atoms with E-state index in [9.17, 15) is 19.1 Å². The van der Waals surface area contributed by atoms with Crippen LogP contribution in [-0.2, 0) is 15.3 Å². The smallest absolute Gasteiger partial charge is 0.301 e. The lowest BCUT2D eigenvalue weighted by Crippen LogP contribution is -2.29. The molecule has 0 radical (unpaired) electrons. The number of aromatic nitrogens is 2. The number of aliphatic hydroxyl groups excluding tert-OH is 1. The number of benzene rings is 3. The second-order valence-electron chi connectivity index (χ2n) is 9.18. The van der Waals surface area contributed by atoms with Gasteiger partial charge in [0.05, 0.1) is 12.2 Å². The first kappa shape index (κ1) is 28.4. The van der Waals surface area contributed by atoms with Crippen LogP contribution in [0.25, 0.3) is 5.76 Å². The Balaban J connectivity index is 1.49. The minimum atomic E-state index is -1.26. The molecule has 1 aromatic heterocycles. The van der Waals surface area contributed by atoms with Gasteiger partial charge < -0.3 is 9.84 Å². The van der Waals surface area contributed by atoms with Gasteiger partial charge >= 0.3 is 5.91 Å². The van der Waals surface area contributed by atoms with Gasteiger partial charge in [0.1, 0.15) is 29.2 Å². The van der Waals surface area contributed by atoms with Gasteiger partial charge in [-0.3, -0.25) is 14.5 Å². The average Bonchev–Trinajstić information content (AvgIpc) is 3.55. The number of Topliss-reactive ketones (excluding diaryl/α,β-unsaturated/α-hetero) is 1. The highest BCUT2D eigenvalue weighted by molar-refractivity contribution is 8.00. The molecule has 3 aromatic carbocycles. The fraction of sp³-hybridized carbons (Fsp3) is 0.200. The van der Waals surface area contributed by atoms with Crippen LogP contribution in [-0.4, -0.2) is 33.6 Å². The van der Waals surface area contributed by atoms with Gasteiger partial charge in [-0.05, 0) is 54.4 Å². The number of ether oxygens (including phenoxy) is 1. The summed E-state index contributed by atoms with van der Waals surface area (Å²) < 4.78 is 34.5. The molecule has 11 heteroatoms. The first-order chi connectivity index (χ1) is 19.9. The molecule has 41 heavy (non-hydrogen) atoms. The Hall–Kier alpha value is -4.09. The van der Waals surface area contributed by atoms with Crippen LogP contribution in [0.5, 0.6) is 5.75 Å². The van der Waals surface area contributed by atoms with E-state index in [1.54, 1.807) is 42.5 Å². The van der Waals surface area contributed by atoms with Crippen molar-refractivity contribution in [2.75, 3.05) is 11.5 Å². The number of anilines is 1. The Morgan fingerprint density at radius 1 is 1.02 bits per heavy atom. The van der Waals surface area contributed by atoms with Gasteiger partial charge in [0.15, 0.2) is 4.34 Å². The Bertz CT molecular complexity index is 1590. The minimum absolute atomic E-state index is 0.0310. The molecule has 1 atom stereocenters. The van der Waals surface area contributed by atoms with Crippen molar-refractivity contribution in [1.82, 2.24) is 10.2 Å². The van der Waals surface area contributed by atoms with Crippen LogP contribution in [0, 0.1) is 11.6 Å². The molecule has 0 spiro atoms. The number of nitrogens with zero attached hydrogens (tertiary/aromatic N) is 3. The number of carbonyl (C=O) groups is 2. The summed E-state index contributed by atoms with van der Waals surface area (Å²) >= 11 is 2.39. The second kappa shape index (κ2) is 12.6. The predicted molar refractivity (Wildman–Crippen MR) is 154 cm³/mol. The van der Waals surface area contributed by atoms with Gasteiger partial charge in [0.25, 0.3) is 5.78 Å². The summed E-state index contributed by atoms with van der Waals surface area (Å²) in [6.07, 6.45) is 1.88. The number of ketones is 1. The zero-order valence-corrected chi connectivity index (χ0v) is 23.6. The number of carbonyl (C=O) groups excluding carboxylic acids is 2. The Morgan fingerprint density at radius 3 is 2.46 bits per heavy atom. The molecule has 0 aliphatic carbocycles. The lowest BCUT2D eigenvalue weighted by Gasteiger charge is -2.22. The van der Waals surface area contributed by atoms with E-state index >= 15 is 4.39 Å². The van der Waals surface area contributed by atoms with Crippen molar-refractivity contribution in [1.29, 1.82) is 0 Å². The molecule has 4 aromatic rings. The molecule has 1 N–H and O–H groups in total. The van der Waals surface area contributed by atoms with E-state index in [1.165, 1.54) is 42.1 Å². The van der Waals surface area contributed by atoms with Crippen LogP contribution < -0.4 is 9.64 Å². The molecule has 1 aliphatic heterocycles. The highest BCUT2D eigenvalue weighted by atomic mass is 32.2. The molecule has 1 fully saturated rings. The van der Waals surface area contributed by atoms with Crippen LogP contribution >= 0.6 is 23.1 Å². The maximum atomic E-state index is 15.1. The Kier molecular flexibility index (Phi) is 8.75. The molecule has 5 rings (SSSR count). The summed E-state index contributed by atoms with van der Waals surface area (Å²) in [5, 5.41) is 19.6. The highest BCUT2D eigenvalue weighted by Crippen LogP contribution is 2.44. The van der Waals surface area contributed by atoms with Crippen molar-refractivity contribution in [3.8, 4) is 5.75 Å². The van der Waals surface area contributed by atoms with Gasteiger partial charge in [-0.1, -0.05) is 66.8 Å². The standard InChI is InChI=1S/C30H25F2N3O4S2/c1-2-3-16-39-21-14-10-19(11-15-21)26(36)24-25(22-6-4-5-7-23(22)32)35(28(38)27(24)37)29-33-34-30(41-29)40-17-18-8-12-20(31)13-9-18/h4-15,25,36H,2-3,16-17H2,1H3/b26-24+. The zero-order chi connectivity index (χ0) is 28.9. The molecule has 0 saturated carbocycles. The van der Waals surface area contributed by atoms with Gasteiger partial charge in [-0.25, -0.2) is 8.78 Å². The number of rotatable bonds is 10. The molecule has 2 heterocycles. The summed E-state index contributed by atoms with van der Waals surface area (Å²) in [5.74, 6) is -2.26. The first-order valence-corrected chi connectivity index (χ1v) is 14.7. The van der Waals surface area contributed by atoms with E-state index < -0.39 is 29.3 Å². The summed E-state index contributed by atoms with van der Waals surface area (Å²) in [7, 11) is 0. The van der Waals surface area contributed by atoms with Crippen LogP contribution in [0.4, 0.5) is 13.9 Å². The number of aliphatic hydroxyl groups is 1. The maximum Gasteiger partial charge on any atom is 0.301 e. The van der Waals surface area contributed by atoms with Crippen molar-refractivity contribution >= 4 is 45.7 Å². The first-order valence-electron chi connectivity index (χ1n) is 12.9. The zero-order valence-electron chi connectivity index (χ0n) is 21.9. The Labute approximate surface area is 243 Å². The fourth-order valence-electron chi connectivity index (χ4n) is 4.30.